The summed E-state index contributed by atoms with van der Waals surface area (Å²) in [6, 6.07) is 4.30. The molecule has 4 rings (SSSR count). The topological polar surface area (TPSA) is 96.4 Å². The number of carbonyl (C=O) groups excluding carboxylic acids is 3. The summed E-state index contributed by atoms with van der Waals surface area (Å²) in [6.07, 6.45) is 2.26. The van der Waals surface area contributed by atoms with Gasteiger partial charge in [0.15, 0.2) is 0 Å². The third-order valence-corrected chi connectivity index (χ3v) is 7.50. The summed E-state index contributed by atoms with van der Waals surface area (Å²) >= 11 is 0. The summed E-state index contributed by atoms with van der Waals surface area (Å²) in [7, 11) is 0. The molecule has 3 aliphatic rings. The highest BCUT2D eigenvalue weighted by Crippen LogP contribution is 2.59. The van der Waals surface area contributed by atoms with Gasteiger partial charge in [-0.1, -0.05) is 18.2 Å². The van der Waals surface area contributed by atoms with Crippen LogP contribution in [0, 0.1) is 25.7 Å². The molecule has 184 valence electrons. The van der Waals surface area contributed by atoms with Crippen molar-refractivity contribution < 1.29 is 29.0 Å². The average Bonchev–Trinajstić information content (AvgIpc) is 3.46. The molecule has 8 nitrogen and oxygen atoms in total. The molecule has 0 unspecified atom stereocenters. The number of aliphatic hydroxyl groups is 1. The molecule has 2 bridgehead atoms. The van der Waals surface area contributed by atoms with E-state index in [1.165, 1.54) is 4.90 Å². The fourth-order valence-corrected chi connectivity index (χ4v) is 6.03. The Bertz CT molecular complexity index is 1010. The number of ether oxygens (including phenoxy) is 2. The first kappa shape index (κ1) is 24.4. The molecule has 0 aromatic heterocycles. The van der Waals surface area contributed by atoms with Gasteiger partial charge in [-0.25, -0.2) is 0 Å². The van der Waals surface area contributed by atoms with Gasteiger partial charge in [0.05, 0.1) is 37.2 Å². The minimum absolute atomic E-state index is 0.203. The number of hydrogen-bond donors (Lipinski definition) is 1. The van der Waals surface area contributed by atoms with Crippen molar-refractivity contribution in [3.63, 3.8) is 0 Å². The van der Waals surface area contributed by atoms with Crippen molar-refractivity contribution in [1.82, 2.24) is 4.90 Å². The molecule has 8 heteroatoms. The molecular formula is C26H34N2O6. The summed E-state index contributed by atoms with van der Waals surface area (Å²) in [4.78, 5) is 44.0. The Hall–Kier alpha value is -2.71. The predicted molar refractivity (Wildman–Crippen MR) is 126 cm³/mol. The number of aliphatic hydroxyl groups excluding tert-OH is 1. The molecule has 3 saturated heterocycles. The molecule has 1 N–H and O–H groups in total. The van der Waals surface area contributed by atoms with E-state index in [0.717, 1.165) is 16.8 Å². The molecule has 1 spiro atoms. The van der Waals surface area contributed by atoms with Crippen LogP contribution in [0.4, 0.5) is 5.69 Å². The predicted octanol–water partition coefficient (Wildman–Crippen LogP) is 2.14. The standard InChI is InChI=1S/C26H34N2O6/c1-6-12-27(18-13-15(3)8-9-16(18)4)24(31)22-26-11-10-19(34-26)20(25(32)33-7-2)21(26)23(30)28(22)17(5)14-29/h6,8-9,13,17,19-22,29H,1,7,10-12,14H2,2-5H3/t17-,19+,20-,21-,22+,26-/m1/s1. The Morgan fingerprint density at radius 3 is 2.79 bits per heavy atom. The lowest BCUT2D eigenvalue weighted by Crippen LogP contribution is -2.58. The molecule has 0 saturated carbocycles. The second kappa shape index (κ2) is 9.15. The smallest absolute Gasteiger partial charge is 0.312 e. The Balaban J connectivity index is 1.82. The number of likely N-dealkylation sites (tertiary alicyclic amines) is 1. The van der Waals surface area contributed by atoms with E-state index in [0.29, 0.717) is 12.8 Å². The van der Waals surface area contributed by atoms with Gasteiger partial charge < -0.3 is 24.4 Å². The van der Waals surface area contributed by atoms with Crippen LogP contribution in [0.3, 0.4) is 0 Å². The molecule has 3 heterocycles. The average molecular weight is 471 g/mol. The van der Waals surface area contributed by atoms with Crippen molar-refractivity contribution in [3.05, 3.63) is 42.0 Å². The van der Waals surface area contributed by atoms with E-state index in [2.05, 4.69) is 6.58 Å². The van der Waals surface area contributed by atoms with Crippen LogP contribution < -0.4 is 4.90 Å². The van der Waals surface area contributed by atoms with E-state index in [9.17, 15) is 19.5 Å². The second-order valence-corrected chi connectivity index (χ2v) is 9.61. The van der Waals surface area contributed by atoms with Crippen LogP contribution >= 0.6 is 0 Å². The van der Waals surface area contributed by atoms with Crippen LogP contribution in [0.15, 0.2) is 30.9 Å². The van der Waals surface area contributed by atoms with Gasteiger partial charge in [0, 0.05) is 12.2 Å². The van der Waals surface area contributed by atoms with Crippen LogP contribution in [-0.2, 0) is 23.9 Å². The van der Waals surface area contributed by atoms with Crippen LogP contribution in [0.5, 0.6) is 0 Å². The molecule has 2 amide bonds. The molecule has 1 aromatic rings. The van der Waals surface area contributed by atoms with E-state index in [-0.39, 0.29) is 31.6 Å². The van der Waals surface area contributed by atoms with E-state index in [1.807, 2.05) is 32.0 Å². The van der Waals surface area contributed by atoms with Gasteiger partial charge in [-0.2, -0.15) is 0 Å². The highest BCUT2D eigenvalue weighted by Gasteiger charge is 2.75. The summed E-state index contributed by atoms with van der Waals surface area (Å²) < 4.78 is 11.7. The monoisotopic (exact) mass is 470 g/mol. The van der Waals surface area contributed by atoms with Crippen molar-refractivity contribution in [1.29, 1.82) is 0 Å². The highest BCUT2D eigenvalue weighted by molar-refractivity contribution is 6.05. The highest BCUT2D eigenvalue weighted by atomic mass is 16.6. The van der Waals surface area contributed by atoms with Gasteiger partial charge >= 0.3 is 5.97 Å². The van der Waals surface area contributed by atoms with Gasteiger partial charge in [0.1, 0.15) is 11.6 Å². The fourth-order valence-electron chi connectivity index (χ4n) is 6.03. The zero-order valence-electron chi connectivity index (χ0n) is 20.3. The number of nitrogens with zero attached hydrogens (tertiary/aromatic N) is 2. The number of benzene rings is 1. The van der Waals surface area contributed by atoms with Crippen LogP contribution in [0.2, 0.25) is 0 Å². The Labute approximate surface area is 200 Å². The first-order valence-corrected chi connectivity index (χ1v) is 12.0. The minimum atomic E-state index is -1.13. The zero-order valence-corrected chi connectivity index (χ0v) is 20.3. The van der Waals surface area contributed by atoms with Crippen molar-refractivity contribution in [2.45, 2.75) is 64.3 Å². The number of rotatable bonds is 8. The quantitative estimate of drug-likeness (QED) is 0.462. The molecule has 6 atom stereocenters. The van der Waals surface area contributed by atoms with Crippen molar-refractivity contribution in [2.24, 2.45) is 11.8 Å². The molecule has 1 aromatic carbocycles. The first-order valence-electron chi connectivity index (χ1n) is 12.0. The number of aryl methyl sites for hydroxylation is 2. The normalized spacial score (nSPS) is 30.3. The molecule has 0 aliphatic carbocycles. The number of carbonyl (C=O) groups is 3. The van der Waals surface area contributed by atoms with E-state index >= 15 is 0 Å². The minimum Gasteiger partial charge on any atom is -0.466 e. The Morgan fingerprint density at radius 1 is 1.41 bits per heavy atom. The van der Waals surface area contributed by atoms with Crippen molar-refractivity contribution >= 4 is 23.5 Å². The third-order valence-electron chi connectivity index (χ3n) is 7.50. The second-order valence-electron chi connectivity index (χ2n) is 9.61. The van der Waals surface area contributed by atoms with Gasteiger partial charge in [-0.3, -0.25) is 14.4 Å². The van der Waals surface area contributed by atoms with Crippen LogP contribution in [-0.4, -0.2) is 71.3 Å². The Morgan fingerprint density at radius 2 is 2.15 bits per heavy atom. The van der Waals surface area contributed by atoms with Gasteiger partial charge in [-0.05, 0) is 57.7 Å². The lowest BCUT2D eigenvalue weighted by molar-refractivity contribution is -0.155. The lowest BCUT2D eigenvalue weighted by Gasteiger charge is -2.38. The number of amides is 2. The Kier molecular flexibility index (Phi) is 6.57. The summed E-state index contributed by atoms with van der Waals surface area (Å²) in [5.74, 6) is -2.65. The van der Waals surface area contributed by atoms with Crippen molar-refractivity contribution in [2.75, 3.05) is 24.7 Å². The molecule has 3 fully saturated rings. The van der Waals surface area contributed by atoms with Gasteiger partial charge in [0.25, 0.3) is 5.91 Å². The molecule has 3 aliphatic heterocycles. The number of hydrogen-bond acceptors (Lipinski definition) is 6. The SMILES string of the molecule is C=CCN(C(=O)[C@@H]1N([C@H](C)CO)C(=O)[C@H]2[C@H](C(=O)OCC)[C@@H]3CC[C@]12O3)c1cc(C)ccc1C. The van der Waals surface area contributed by atoms with E-state index < -0.39 is 41.6 Å². The number of fused-ring (bicyclic) bond motifs is 1. The maximum Gasteiger partial charge on any atom is 0.312 e. The fraction of sp³-hybridized carbons (Fsp3) is 0.577. The van der Waals surface area contributed by atoms with Gasteiger partial charge in [0.2, 0.25) is 5.91 Å². The van der Waals surface area contributed by atoms with Gasteiger partial charge in [-0.15, -0.1) is 6.58 Å². The lowest BCUT2D eigenvalue weighted by atomic mass is 9.70. The maximum atomic E-state index is 14.3. The zero-order chi connectivity index (χ0) is 24.8. The molecule has 0 radical (unpaired) electrons. The first-order chi connectivity index (χ1) is 16.2. The van der Waals surface area contributed by atoms with E-state index in [1.54, 1.807) is 24.8 Å². The van der Waals surface area contributed by atoms with Crippen LogP contribution in [0.1, 0.15) is 37.8 Å². The largest absolute Gasteiger partial charge is 0.466 e. The number of anilines is 1. The van der Waals surface area contributed by atoms with Crippen LogP contribution in [0.25, 0.3) is 0 Å². The summed E-state index contributed by atoms with van der Waals surface area (Å²) in [5, 5.41) is 9.97. The summed E-state index contributed by atoms with van der Waals surface area (Å²) in [5.41, 5.74) is 1.53. The molecular weight excluding hydrogens is 436 g/mol. The molecule has 34 heavy (non-hydrogen) atoms. The number of esters is 1. The van der Waals surface area contributed by atoms with E-state index in [4.69, 9.17) is 9.47 Å². The van der Waals surface area contributed by atoms with Crippen molar-refractivity contribution in [3.8, 4) is 0 Å². The maximum absolute atomic E-state index is 14.3. The summed E-state index contributed by atoms with van der Waals surface area (Å²) in [6.45, 7) is 11.3. The third kappa shape index (κ3) is 3.55.